The number of anilines is 3. The normalized spacial score (nSPS) is 10.9. The Morgan fingerprint density at radius 3 is 2.14 bits per heavy atom. The first kappa shape index (κ1) is 20.5. The molecule has 0 unspecified atom stereocenters. The van der Waals surface area contributed by atoms with Crippen LogP contribution in [0.4, 0.5) is 17.2 Å². The van der Waals surface area contributed by atoms with Crippen LogP contribution in [0.3, 0.4) is 0 Å². The zero-order valence-electron chi connectivity index (χ0n) is 16.7. The Labute approximate surface area is 176 Å². The van der Waals surface area contributed by atoms with Crippen LogP contribution in [0, 0.1) is 0 Å². The molecule has 0 aliphatic rings. The summed E-state index contributed by atoms with van der Waals surface area (Å²) < 4.78 is 0. The zero-order chi connectivity index (χ0) is 20.9. The number of carbonyl (C=O) groups excluding carboxylic acids is 1. The first-order valence-electron chi connectivity index (χ1n) is 9.32. The van der Waals surface area contributed by atoms with Crippen LogP contribution >= 0.6 is 12.2 Å². The Bertz CT molecular complexity index is 978. The van der Waals surface area contributed by atoms with Crippen molar-refractivity contribution in [1.82, 2.24) is 10.3 Å². The van der Waals surface area contributed by atoms with Gasteiger partial charge in [-0.2, -0.15) is 0 Å². The molecular weight excluding hydrogens is 380 g/mol. The highest BCUT2D eigenvalue weighted by Crippen LogP contribution is 2.22. The lowest BCUT2D eigenvalue weighted by atomic mass is 9.87. The summed E-state index contributed by atoms with van der Waals surface area (Å²) in [7, 11) is 0. The van der Waals surface area contributed by atoms with E-state index in [1.54, 1.807) is 6.20 Å². The van der Waals surface area contributed by atoms with Crippen molar-refractivity contribution in [2.75, 3.05) is 10.6 Å². The van der Waals surface area contributed by atoms with Gasteiger partial charge in [0.25, 0.3) is 5.91 Å². The van der Waals surface area contributed by atoms with Crippen LogP contribution in [0.1, 0.15) is 36.7 Å². The fraction of sp³-hybridized carbons (Fsp3) is 0.174. The Morgan fingerprint density at radius 2 is 1.55 bits per heavy atom. The molecule has 1 amide bonds. The Kier molecular flexibility index (Phi) is 6.24. The van der Waals surface area contributed by atoms with Gasteiger partial charge in [0.1, 0.15) is 5.82 Å². The summed E-state index contributed by atoms with van der Waals surface area (Å²) >= 11 is 5.27. The average molecular weight is 405 g/mol. The molecule has 3 N–H and O–H groups in total. The van der Waals surface area contributed by atoms with Crippen LogP contribution in [-0.4, -0.2) is 16.0 Å². The van der Waals surface area contributed by atoms with Gasteiger partial charge in [-0.1, -0.05) is 39.0 Å². The number of aromatic nitrogens is 1. The van der Waals surface area contributed by atoms with E-state index in [1.165, 1.54) is 5.56 Å². The average Bonchev–Trinajstić information content (AvgIpc) is 2.69. The van der Waals surface area contributed by atoms with Crippen LogP contribution in [-0.2, 0) is 5.41 Å². The molecule has 3 aromatic rings. The smallest absolute Gasteiger partial charge is 0.257 e. The van der Waals surface area contributed by atoms with Crippen molar-refractivity contribution >= 4 is 40.4 Å². The molecule has 0 bridgehead atoms. The lowest BCUT2D eigenvalue weighted by Gasteiger charge is -2.19. The zero-order valence-corrected chi connectivity index (χ0v) is 17.5. The summed E-state index contributed by atoms with van der Waals surface area (Å²) in [5.41, 5.74) is 3.48. The van der Waals surface area contributed by atoms with E-state index in [0.29, 0.717) is 5.56 Å². The molecule has 148 valence electrons. The van der Waals surface area contributed by atoms with Crippen LogP contribution in [0.25, 0.3) is 0 Å². The number of hydrogen-bond acceptors (Lipinski definition) is 4. The van der Waals surface area contributed by atoms with Crippen LogP contribution in [0.2, 0.25) is 0 Å². The summed E-state index contributed by atoms with van der Waals surface area (Å²) in [5, 5.41) is 9.20. The van der Waals surface area contributed by atoms with Gasteiger partial charge in [0.2, 0.25) is 0 Å². The van der Waals surface area contributed by atoms with Crippen molar-refractivity contribution in [3.05, 3.63) is 84.1 Å². The second-order valence-corrected chi connectivity index (χ2v) is 8.06. The molecule has 1 aromatic heterocycles. The second-order valence-electron chi connectivity index (χ2n) is 7.65. The molecule has 0 fully saturated rings. The number of nitrogens with zero attached hydrogens (tertiary/aromatic N) is 1. The van der Waals surface area contributed by atoms with Crippen molar-refractivity contribution in [2.45, 2.75) is 26.2 Å². The topological polar surface area (TPSA) is 66.1 Å². The van der Waals surface area contributed by atoms with E-state index in [2.05, 4.69) is 41.7 Å². The molecule has 1 heterocycles. The van der Waals surface area contributed by atoms with E-state index >= 15 is 0 Å². The molecule has 0 spiro atoms. The summed E-state index contributed by atoms with van der Waals surface area (Å²) in [6.45, 7) is 6.41. The van der Waals surface area contributed by atoms with Crippen molar-refractivity contribution in [3.63, 3.8) is 0 Å². The molecule has 6 heteroatoms. The Hall–Kier alpha value is -3.25. The SMILES string of the molecule is CC(C)(C)c1ccc(C(=O)NC(=S)Nc2ccc(Nc3ccccn3)cc2)cc1. The highest BCUT2D eigenvalue weighted by molar-refractivity contribution is 7.80. The fourth-order valence-corrected chi connectivity index (χ4v) is 2.89. The largest absolute Gasteiger partial charge is 0.340 e. The van der Waals surface area contributed by atoms with E-state index in [-0.39, 0.29) is 16.4 Å². The predicted molar refractivity (Wildman–Crippen MR) is 123 cm³/mol. The Balaban J connectivity index is 1.55. The summed E-state index contributed by atoms with van der Waals surface area (Å²) in [6.07, 6.45) is 1.73. The maximum Gasteiger partial charge on any atom is 0.257 e. The molecule has 3 rings (SSSR count). The highest BCUT2D eigenvalue weighted by atomic mass is 32.1. The molecule has 0 atom stereocenters. The lowest BCUT2D eigenvalue weighted by molar-refractivity contribution is 0.0977. The minimum atomic E-state index is -0.239. The quantitative estimate of drug-likeness (QED) is 0.518. The molecule has 0 aliphatic carbocycles. The number of nitrogens with one attached hydrogen (secondary N) is 3. The molecule has 0 radical (unpaired) electrons. The molecule has 0 saturated heterocycles. The molecule has 5 nitrogen and oxygen atoms in total. The van der Waals surface area contributed by atoms with E-state index in [1.807, 2.05) is 66.7 Å². The number of benzene rings is 2. The number of thiocarbonyl (C=S) groups is 1. The first-order valence-corrected chi connectivity index (χ1v) is 9.73. The van der Waals surface area contributed by atoms with Crippen molar-refractivity contribution in [2.24, 2.45) is 0 Å². The standard InChI is InChI=1S/C23H24N4OS/c1-23(2,3)17-9-7-16(8-10-17)21(28)27-22(29)26-19-13-11-18(12-14-19)25-20-6-4-5-15-24-20/h4-15H,1-3H3,(H,24,25)(H2,26,27,28,29). The van der Waals surface area contributed by atoms with E-state index < -0.39 is 0 Å². The third kappa shape index (κ3) is 5.86. The van der Waals surface area contributed by atoms with Gasteiger partial charge >= 0.3 is 0 Å². The van der Waals surface area contributed by atoms with Crippen molar-refractivity contribution < 1.29 is 4.79 Å². The van der Waals surface area contributed by atoms with Crippen LogP contribution in [0.5, 0.6) is 0 Å². The van der Waals surface area contributed by atoms with Crippen molar-refractivity contribution in [3.8, 4) is 0 Å². The maximum atomic E-state index is 12.4. The van der Waals surface area contributed by atoms with Crippen molar-refractivity contribution in [1.29, 1.82) is 0 Å². The van der Waals surface area contributed by atoms with Crippen LogP contribution in [0.15, 0.2) is 72.9 Å². The van der Waals surface area contributed by atoms with Gasteiger partial charge in [0, 0.05) is 23.1 Å². The number of hydrogen-bond donors (Lipinski definition) is 3. The monoisotopic (exact) mass is 404 g/mol. The third-order valence-corrected chi connectivity index (χ3v) is 4.52. The van der Waals surface area contributed by atoms with Gasteiger partial charge in [-0.3, -0.25) is 10.1 Å². The molecule has 0 aliphatic heterocycles. The number of pyridine rings is 1. The number of carbonyl (C=O) groups is 1. The van der Waals surface area contributed by atoms with E-state index in [0.717, 1.165) is 17.2 Å². The van der Waals surface area contributed by atoms with E-state index in [4.69, 9.17) is 12.2 Å². The van der Waals surface area contributed by atoms with Crippen LogP contribution < -0.4 is 16.0 Å². The number of rotatable bonds is 4. The third-order valence-electron chi connectivity index (χ3n) is 4.32. The second kappa shape index (κ2) is 8.84. The molecule has 29 heavy (non-hydrogen) atoms. The minimum absolute atomic E-state index is 0.0451. The first-order chi connectivity index (χ1) is 13.8. The van der Waals surface area contributed by atoms with Gasteiger partial charge in [-0.05, 0) is 71.7 Å². The summed E-state index contributed by atoms with van der Waals surface area (Å²) in [4.78, 5) is 16.6. The number of amides is 1. The fourth-order valence-electron chi connectivity index (χ4n) is 2.68. The highest BCUT2D eigenvalue weighted by Gasteiger charge is 2.14. The Morgan fingerprint density at radius 1 is 0.897 bits per heavy atom. The maximum absolute atomic E-state index is 12.4. The van der Waals surface area contributed by atoms with E-state index in [9.17, 15) is 4.79 Å². The van der Waals surface area contributed by atoms with Gasteiger partial charge in [0.15, 0.2) is 5.11 Å². The minimum Gasteiger partial charge on any atom is -0.340 e. The molecule has 0 saturated carbocycles. The van der Waals surface area contributed by atoms with Gasteiger partial charge in [0.05, 0.1) is 0 Å². The summed E-state index contributed by atoms with van der Waals surface area (Å²) in [5.74, 6) is 0.532. The molecule has 2 aromatic carbocycles. The predicted octanol–water partition coefficient (Wildman–Crippen LogP) is 5.25. The van der Waals surface area contributed by atoms with Gasteiger partial charge < -0.3 is 10.6 Å². The van der Waals surface area contributed by atoms with Gasteiger partial charge in [-0.25, -0.2) is 4.98 Å². The van der Waals surface area contributed by atoms with Gasteiger partial charge in [-0.15, -0.1) is 0 Å². The summed E-state index contributed by atoms with van der Waals surface area (Å²) in [6, 6.07) is 20.8. The molecular formula is C23H24N4OS. The lowest BCUT2D eigenvalue weighted by Crippen LogP contribution is -2.34.